The minimum absolute atomic E-state index is 0.0865. The van der Waals surface area contributed by atoms with Crippen LogP contribution in [0, 0.1) is 0 Å². The lowest BCUT2D eigenvalue weighted by Crippen LogP contribution is -2.25. The number of amides is 1. The van der Waals surface area contributed by atoms with Crippen molar-refractivity contribution in [3.63, 3.8) is 0 Å². The molecule has 0 saturated heterocycles. The maximum Gasteiger partial charge on any atom is 0.258 e. The Bertz CT molecular complexity index is 373. The van der Waals surface area contributed by atoms with E-state index in [0.717, 1.165) is 25.8 Å². The number of hydrogen-bond acceptors (Lipinski definition) is 3. The van der Waals surface area contributed by atoms with Crippen molar-refractivity contribution in [1.29, 1.82) is 0 Å². The Morgan fingerprint density at radius 1 is 1.69 bits per heavy atom. The zero-order chi connectivity index (χ0) is 11.4. The van der Waals surface area contributed by atoms with Crippen LogP contribution in [0.2, 0.25) is 0 Å². The van der Waals surface area contributed by atoms with Gasteiger partial charge in [-0.3, -0.25) is 4.79 Å². The largest absolute Gasteiger partial charge is 0.477 e. The number of hydrogen-bond donors (Lipinski definition) is 1. The normalized spacial score (nSPS) is 14.1. The van der Waals surface area contributed by atoms with E-state index in [1.54, 1.807) is 10.9 Å². The number of nitrogens with zero attached hydrogens (tertiary/aromatic N) is 2. The molecule has 5 nitrogen and oxygen atoms in total. The van der Waals surface area contributed by atoms with E-state index in [4.69, 9.17) is 4.74 Å². The number of aromatic nitrogens is 2. The lowest BCUT2D eigenvalue weighted by atomic mass is 10.3. The summed E-state index contributed by atoms with van der Waals surface area (Å²) < 4.78 is 7.21. The molecule has 1 N–H and O–H groups in total. The van der Waals surface area contributed by atoms with Crippen LogP contribution < -0.4 is 10.1 Å². The topological polar surface area (TPSA) is 56.2 Å². The number of aryl methyl sites for hydroxylation is 1. The van der Waals surface area contributed by atoms with Gasteiger partial charge in [-0.2, -0.15) is 5.10 Å². The van der Waals surface area contributed by atoms with Crippen molar-refractivity contribution < 1.29 is 9.53 Å². The van der Waals surface area contributed by atoms with Crippen LogP contribution in [-0.4, -0.2) is 28.8 Å². The minimum atomic E-state index is -0.0865. The fourth-order valence-corrected chi connectivity index (χ4v) is 1.70. The Morgan fingerprint density at radius 2 is 2.56 bits per heavy atom. The molecule has 0 spiro atoms. The van der Waals surface area contributed by atoms with Crippen LogP contribution in [-0.2, 0) is 6.54 Å². The van der Waals surface area contributed by atoms with E-state index in [0.29, 0.717) is 24.6 Å². The number of ether oxygens (including phenoxy) is 1. The van der Waals surface area contributed by atoms with Crippen LogP contribution in [0.3, 0.4) is 0 Å². The third-order valence-corrected chi connectivity index (χ3v) is 2.60. The van der Waals surface area contributed by atoms with Crippen LogP contribution in [0.25, 0.3) is 0 Å². The summed E-state index contributed by atoms with van der Waals surface area (Å²) in [5.74, 6) is 0.525. The quantitative estimate of drug-likeness (QED) is 0.780. The number of carbonyl (C=O) groups is 1. The average molecular weight is 223 g/mol. The second-order valence-corrected chi connectivity index (χ2v) is 3.90. The van der Waals surface area contributed by atoms with Crippen molar-refractivity contribution in [2.24, 2.45) is 0 Å². The molecule has 2 heterocycles. The summed E-state index contributed by atoms with van der Waals surface area (Å²) in [6.07, 6.45) is 4.60. The molecule has 1 aliphatic rings. The zero-order valence-corrected chi connectivity index (χ0v) is 9.53. The van der Waals surface area contributed by atoms with Crippen molar-refractivity contribution >= 4 is 5.91 Å². The number of unbranched alkanes of at least 4 members (excludes halogenated alkanes) is 1. The molecule has 0 bridgehead atoms. The molecule has 88 valence electrons. The first kappa shape index (κ1) is 11.0. The van der Waals surface area contributed by atoms with E-state index in [-0.39, 0.29) is 5.91 Å². The zero-order valence-electron chi connectivity index (χ0n) is 9.53. The Balaban J connectivity index is 2.03. The van der Waals surface area contributed by atoms with Crippen LogP contribution in [0.1, 0.15) is 36.5 Å². The number of fused-ring (bicyclic) bond motifs is 1. The molecular formula is C11H17N3O2. The molecule has 0 aromatic carbocycles. The standard InChI is InChI=1S/C11H17N3O2/c1-2-3-5-12-10(15)9-8-13-14-6-4-7-16-11(9)14/h8H,2-7H2,1H3,(H,12,15). The van der Waals surface area contributed by atoms with E-state index >= 15 is 0 Å². The molecule has 2 rings (SSSR count). The molecule has 1 aliphatic heterocycles. The van der Waals surface area contributed by atoms with Gasteiger partial charge in [0.05, 0.1) is 12.8 Å². The summed E-state index contributed by atoms with van der Waals surface area (Å²) in [5, 5.41) is 7.00. The Morgan fingerprint density at radius 3 is 3.38 bits per heavy atom. The van der Waals surface area contributed by atoms with Crippen molar-refractivity contribution in [3.8, 4) is 5.88 Å². The van der Waals surface area contributed by atoms with Gasteiger partial charge in [0.2, 0.25) is 5.88 Å². The third kappa shape index (κ3) is 2.18. The SMILES string of the molecule is CCCCNC(=O)c1cnn2c1OCCC2. The van der Waals surface area contributed by atoms with Crippen LogP contribution in [0.15, 0.2) is 6.20 Å². The minimum Gasteiger partial charge on any atom is -0.477 e. The first-order valence-electron chi connectivity index (χ1n) is 5.79. The van der Waals surface area contributed by atoms with Gasteiger partial charge in [-0.1, -0.05) is 13.3 Å². The smallest absolute Gasteiger partial charge is 0.258 e. The Labute approximate surface area is 94.8 Å². The van der Waals surface area contributed by atoms with Crippen molar-refractivity contribution in [1.82, 2.24) is 15.1 Å². The van der Waals surface area contributed by atoms with E-state index < -0.39 is 0 Å². The highest BCUT2D eigenvalue weighted by Crippen LogP contribution is 2.21. The molecule has 0 aliphatic carbocycles. The fourth-order valence-electron chi connectivity index (χ4n) is 1.70. The van der Waals surface area contributed by atoms with Crippen LogP contribution in [0.5, 0.6) is 5.88 Å². The van der Waals surface area contributed by atoms with Gasteiger partial charge in [-0.05, 0) is 6.42 Å². The molecule has 5 heteroatoms. The molecule has 1 aromatic rings. The van der Waals surface area contributed by atoms with Gasteiger partial charge in [0, 0.05) is 19.5 Å². The predicted octanol–water partition coefficient (Wildman–Crippen LogP) is 1.20. The van der Waals surface area contributed by atoms with Crippen LogP contribution in [0.4, 0.5) is 0 Å². The number of rotatable bonds is 4. The van der Waals surface area contributed by atoms with Crippen molar-refractivity contribution in [2.75, 3.05) is 13.2 Å². The molecule has 0 fully saturated rings. The van der Waals surface area contributed by atoms with E-state index in [1.807, 2.05) is 0 Å². The average Bonchev–Trinajstić information content (AvgIpc) is 2.73. The van der Waals surface area contributed by atoms with Crippen LogP contribution >= 0.6 is 0 Å². The maximum atomic E-state index is 11.8. The molecule has 1 amide bonds. The lowest BCUT2D eigenvalue weighted by Gasteiger charge is -2.15. The van der Waals surface area contributed by atoms with Crippen molar-refractivity contribution in [3.05, 3.63) is 11.8 Å². The van der Waals surface area contributed by atoms with Gasteiger partial charge >= 0.3 is 0 Å². The van der Waals surface area contributed by atoms with Gasteiger partial charge in [0.15, 0.2) is 0 Å². The lowest BCUT2D eigenvalue weighted by molar-refractivity contribution is 0.0946. The molecule has 16 heavy (non-hydrogen) atoms. The summed E-state index contributed by atoms with van der Waals surface area (Å²) in [5.41, 5.74) is 0.552. The van der Waals surface area contributed by atoms with Gasteiger partial charge in [-0.15, -0.1) is 0 Å². The summed E-state index contributed by atoms with van der Waals surface area (Å²) in [4.78, 5) is 11.8. The number of nitrogens with one attached hydrogen (secondary N) is 1. The molecule has 0 radical (unpaired) electrons. The second-order valence-electron chi connectivity index (χ2n) is 3.90. The van der Waals surface area contributed by atoms with Gasteiger partial charge in [0.25, 0.3) is 5.91 Å². The summed E-state index contributed by atoms with van der Waals surface area (Å²) >= 11 is 0. The van der Waals surface area contributed by atoms with E-state index in [2.05, 4.69) is 17.3 Å². The molecule has 0 saturated carbocycles. The number of carbonyl (C=O) groups excluding carboxylic acids is 1. The highest BCUT2D eigenvalue weighted by molar-refractivity contribution is 5.96. The predicted molar refractivity (Wildman–Crippen MR) is 59.6 cm³/mol. The summed E-state index contributed by atoms with van der Waals surface area (Å²) in [6.45, 7) is 4.30. The van der Waals surface area contributed by atoms with Crippen molar-refractivity contribution in [2.45, 2.75) is 32.7 Å². The monoisotopic (exact) mass is 223 g/mol. The van der Waals surface area contributed by atoms with E-state index in [9.17, 15) is 4.79 Å². The van der Waals surface area contributed by atoms with Gasteiger partial charge in [-0.25, -0.2) is 4.68 Å². The summed E-state index contributed by atoms with van der Waals surface area (Å²) in [6, 6.07) is 0. The molecule has 1 aromatic heterocycles. The maximum absolute atomic E-state index is 11.8. The highest BCUT2D eigenvalue weighted by Gasteiger charge is 2.20. The van der Waals surface area contributed by atoms with Gasteiger partial charge < -0.3 is 10.1 Å². The third-order valence-electron chi connectivity index (χ3n) is 2.60. The first-order chi connectivity index (χ1) is 7.83. The summed E-state index contributed by atoms with van der Waals surface area (Å²) in [7, 11) is 0. The molecular weight excluding hydrogens is 206 g/mol. The van der Waals surface area contributed by atoms with E-state index in [1.165, 1.54) is 0 Å². The Kier molecular flexibility index (Phi) is 3.44. The van der Waals surface area contributed by atoms with Gasteiger partial charge in [0.1, 0.15) is 5.56 Å². The fraction of sp³-hybridized carbons (Fsp3) is 0.636. The Hall–Kier alpha value is -1.52. The highest BCUT2D eigenvalue weighted by atomic mass is 16.5. The first-order valence-corrected chi connectivity index (χ1v) is 5.79. The molecule has 0 unspecified atom stereocenters. The molecule has 0 atom stereocenters. The second kappa shape index (κ2) is 5.01.